The zero-order chi connectivity index (χ0) is 17.0. The molecule has 120 valence electrons. The van der Waals surface area contributed by atoms with Gasteiger partial charge in [0.1, 0.15) is 5.76 Å². The van der Waals surface area contributed by atoms with Gasteiger partial charge in [-0.3, -0.25) is 14.9 Å². The van der Waals surface area contributed by atoms with Crippen LogP contribution in [0.15, 0.2) is 41.0 Å². The lowest BCUT2D eigenvalue weighted by atomic mass is 10.1. The lowest BCUT2D eigenvalue weighted by Gasteiger charge is -2.16. The summed E-state index contributed by atoms with van der Waals surface area (Å²) in [6.07, 6.45) is 1.48. The van der Waals surface area contributed by atoms with Gasteiger partial charge in [-0.1, -0.05) is 0 Å². The molecule has 8 nitrogen and oxygen atoms in total. The smallest absolute Gasteiger partial charge is 0.338 e. The average Bonchev–Trinajstić information content (AvgIpc) is 3.05. The number of non-ortho nitro benzene ring substituents is 1. The summed E-state index contributed by atoms with van der Waals surface area (Å²) in [6, 6.07) is 6.84. The number of rotatable bonds is 5. The van der Waals surface area contributed by atoms with Crippen LogP contribution in [0.1, 0.15) is 26.5 Å². The van der Waals surface area contributed by atoms with Crippen LogP contribution >= 0.6 is 0 Å². The van der Waals surface area contributed by atoms with Gasteiger partial charge >= 0.3 is 5.97 Å². The van der Waals surface area contributed by atoms with Crippen LogP contribution in [0, 0.1) is 10.1 Å². The van der Waals surface area contributed by atoms with E-state index in [0.29, 0.717) is 5.76 Å². The Morgan fingerprint density at radius 2 is 2.00 bits per heavy atom. The number of carbonyl (C=O) groups excluding carboxylic acids is 2. The number of nitro benzene ring substituents is 1. The minimum atomic E-state index is -0.753. The van der Waals surface area contributed by atoms with Crippen molar-refractivity contribution in [2.75, 3.05) is 14.2 Å². The van der Waals surface area contributed by atoms with E-state index in [-0.39, 0.29) is 23.4 Å². The number of hydrogen-bond acceptors (Lipinski definition) is 6. The van der Waals surface area contributed by atoms with Gasteiger partial charge < -0.3 is 14.1 Å². The standard InChI is InChI=1S/C15H14N2O6/c1-16(9-13-4-3-5-23-13)14(18)10-6-11(15(19)22-2)8-12(7-10)17(20)21/h3-8H,9H2,1-2H3. The molecule has 23 heavy (non-hydrogen) atoms. The Hall–Kier alpha value is -3.16. The fourth-order valence-corrected chi connectivity index (χ4v) is 2.00. The molecule has 0 atom stereocenters. The van der Waals surface area contributed by atoms with Gasteiger partial charge in [-0.25, -0.2) is 4.79 Å². The van der Waals surface area contributed by atoms with E-state index < -0.39 is 16.8 Å². The highest BCUT2D eigenvalue weighted by molar-refractivity contribution is 5.98. The van der Waals surface area contributed by atoms with Gasteiger partial charge in [0.25, 0.3) is 11.6 Å². The van der Waals surface area contributed by atoms with Gasteiger partial charge in [0, 0.05) is 24.7 Å². The zero-order valence-corrected chi connectivity index (χ0v) is 12.5. The molecular weight excluding hydrogens is 304 g/mol. The van der Waals surface area contributed by atoms with Crippen molar-refractivity contribution in [1.29, 1.82) is 0 Å². The third kappa shape index (κ3) is 3.73. The van der Waals surface area contributed by atoms with Gasteiger partial charge in [-0.15, -0.1) is 0 Å². The second-order valence-corrected chi connectivity index (χ2v) is 4.76. The Balaban J connectivity index is 2.32. The summed E-state index contributed by atoms with van der Waals surface area (Å²) >= 11 is 0. The first-order valence-corrected chi connectivity index (χ1v) is 6.58. The number of hydrogen-bond donors (Lipinski definition) is 0. The minimum absolute atomic E-state index is 0.0219. The molecule has 1 heterocycles. The zero-order valence-electron chi connectivity index (χ0n) is 12.5. The third-order valence-electron chi connectivity index (χ3n) is 3.12. The predicted octanol–water partition coefficient (Wildman–Crippen LogP) is 2.25. The third-order valence-corrected chi connectivity index (χ3v) is 3.12. The number of esters is 1. The summed E-state index contributed by atoms with van der Waals surface area (Å²) < 4.78 is 9.71. The van der Waals surface area contributed by atoms with E-state index in [0.717, 1.165) is 19.2 Å². The topological polar surface area (TPSA) is 103 Å². The molecule has 0 bridgehead atoms. The van der Waals surface area contributed by atoms with Crippen molar-refractivity contribution in [2.24, 2.45) is 0 Å². The summed E-state index contributed by atoms with van der Waals surface area (Å²) in [5.41, 5.74) is -0.396. The van der Waals surface area contributed by atoms with E-state index in [2.05, 4.69) is 4.74 Å². The fourth-order valence-electron chi connectivity index (χ4n) is 2.00. The number of carbonyl (C=O) groups is 2. The number of benzene rings is 1. The molecule has 0 aliphatic heterocycles. The van der Waals surface area contributed by atoms with Crippen molar-refractivity contribution in [3.8, 4) is 0 Å². The summed E-state index contributed by atoms with van der Waals surface area (Å²) in [5, 5.41) is 11.0. The maximum Gasteiger partial charge on any atom is 0.338 e. The molecule has 0 spiro atoms. The number of methoxy groups -OCH3 is 1. The van der Waals surface area contributed by atoms with Crippen LogP contribution in [-0.2, 0) is 11.3 Å². The van der Waals surface area contributed by atoms with Crippen molar-refractivity contribution >= 4 is 17.6 Å². The van der Waals surface area contributed by atoms with Crippen LogP contribution in [0.2, 0.25) is 0 Å². The maximum atomic E-state index is 12.4. The molecule has 0 aliphatic carbocycles. The van der Waals surface area contributed by atoms with Gasteiger partial charge in [-0.2, -0.15) is 0 Å². The Kier molecular flexibility index (Phi) is 4.75. The first-order valence-electron chi connectivity index (χ1n) is 6.58. The lowest BCUT2D eigenvalue weighted by Crippen LogP contribution is -2.26. The molecular formula is C15H14N2O6. The van der Waals surface area contributed by atoms with E-state index >= 15 is 0 Å². The Morgan fingerprint density at radius 3 is 2.57 bits per heavy atom. The first-order chi connectivity index (χ1) is 10.9. The van der Waals surface area contributed by atoms with Gasteiger partial charge in [0.05, 0.1) is 30.4 Å². The minimum Gasteiger partial charge on any atom is -0.467 e. The number of nitro groups is 1. The van der Waals surface area contributed by atoms with Crippen molar-refractivity contribution in [3.63, 3.8) is 0 Å². The van der Waals surface area contributed by atoms with Crippen molar-refractivity contribution in [2.45, 2.75) is 6.54 Å². The molecule has 1 aromatic carbocycles. The maximum absolute atomic E-state index is 12.4. The van der Waals surface area contributed by atoms with E-state index in [1.807, 2.05) is 0 Å². The second kappa shape index (κ2) is 6.73. The largest absolute Gasteiger partial charge is 0.467 e. The van der Waals surface area contributed by atoms with Crippen molar-refractivity contribution in [3.05, 3.63) is 63.6 Å². The molecule has 2 rings (SSSR count). The van der Waals surface area contributed by atoms with Crippen molar-refractivity contribution < 1.29 is 23.7 Å². The summed E-state index contributed by atoms with van der Waals surface area (Å²) in [4.78, 5) is 35.7. The highest BCUT2D eigenvalue weighted by Gasteiger charge is 2.20. The van der Waals surface area contributed by atoms with Crippen LogP contribution in [-0.4, -0.2) is 35.9 Å². The summed E-state index contributed by atoms with van der Waals surface area (Å²) in [6.45, 7) is 0.197. The van der Waals surface area contributed by atoms with Crippen LogP contribution in [0.3, 0.4) is 0 Å². The molecule has 0 saturated carbocycles. The summed E-state index contributed by atoms with van der Waals surface area (Å²) in [5.74, 6) is -0.661. The SMILES string of the molecule is COC(=O)c1cc(C(=O)N(C)Cc2ccco2)cc([N+](=O)[O-])c1. The van der Waals surface area contributed by atoms with Gasteiger partial charge in [-0.05, 0) is 18.2 Å². The molecule has 0 radical (unpaired) electrons. The first kappa shape index (κ1) is 16.2. The van der Waals surface area contributed by atoms with Gasteiger partial charge in [0.2, 0.25) is 0 Å². The molecule has 0 fully saturated rings. The summed E-state index contributed by atoms with van der Waals surface area (Å²) in [7, 11) is 2.69. The number of furan rings is 1. The molecule has 0 N–H and O–H groups in total. The number of amides is 1. The van der Waals surface area contributed by atoms with E-state index in [4.69, 9.17) is 4.42 Å². The molecule has 0 saturated heterocycles. The van der Waals surface area contributed by atoms with Crippen LogP contribution in [0.4, 0.5) is 5.69 Å². The molecule has 8 heteroatoms. The Bertz CT molecular complexity index is 738. The molecule has 1 amide bonds. The molecule has 0 aliphatic rings. The van der Waals surface area contributed by atoms with Crippen LogP contribution in [0.5, 0.6) is 0 Å². The normalized spacial score (nSPS) is 10.2. The van der Waals surface area contributed by atoms with E-state index in [1.54, 1.807) is 12.1 Å². The highest BCUT2D eigenvalue weighted by atomic mass is 16.6. The fraction of sp³-hybridized carbons (Fsp3) is 0.200. The number of ether oxygens (including phenoxy) is 1. The highest BCUT2D eigenvalue weighted by Crippen LogP contribution is 2.20. The Morgan fingerprint density at radius 1 is 1.30 bits per heavy atom. The Labute approximate surface area is 131 Å². The van der Waals surface area contributed by atoms with E-state index in [1.165, 1.54) is 24.3 Å². The lowest BCUT2D eigenvalue weighted by molar-refractivity contribution is -0.384. The molecule has 0 unspecified atom stereocenters. The number of nitrogens with zero attached hydrogens (tertiary/aromatic N) is 2. The predicted molar refractivity (Wildman–Crippen MR) is 78.9 cm³/mol. The second-order valence-electron chi connectivity index (χ2n) is 4.76. The molecule has 1 aromatic heterocycles. The molecule has 2 aromatic rings. The van der Waals surface area contributed by atoms with Crippen molar-refractivity contribution in [1.82, 2.24) is 4.90 Å². The monoisotopic (exact) mass is 318 g/mol. The van der Waals surface area contributed by atoms with Gasteiger partial charge in [0.15, 0.2) is 0 Å². The quantitative estimate of drug-likeness (QED) is 0.476. The van der Waals surface area contributed by atoms with E-state index in [9.17, 15) is 19.7 Å². The van der Waals surface area contributed by atoms with Crippen LogP contribution in [0.25, 0.3) is 0 Å². The average molecular weight is 318 g/mol. The van der Waals surface area contributed by atoms with Crippen LogP contribution < -0.4 is 0 Å².